The Balaban J connectivity index is 1.98. The zero-order valence-corrected chi connectivity index (χ0v) is 12.8. The zero-order valence-electron chi connectivity index (χ0n) is 12.0. The lowest BCUT2D eigenvalue weighted by Crippen LogP contribution is -2.28. The summed E-state index contributed by atoms with van der Waals surface area (Å²) in [7, 11) is 1.88. The molecule has 1 N–H and O–H groups in total. The average Bonchev–Trinajstić information content (AvgIpc) is 2.36. The Hall–Kier alpha value is -0.800. The average molecular weight is 283 g/mol. The summed E-state index contributed by atoms with van der Waals surface area (Å²) in [6.45, 7) is 5.32. The summed E-state index contributed by atoms with van der Waals surface area (Å²) in [4.78, 5) is 4.48. The second-order valence-electron chi connectivity index (χ2n) is 6.09. The van der Waals surface area contributed by atoms with E-state index in [1.54, 1.807) is 0 Å². The topological polar surface area (TPSA) is 34.2 Å². The molecular formula is C15H23ClN2O. The molecule has 4 heteroatoms. The van der Waals surface area contributed by atoms with Crippen molar-refractivity contribution in [3.05, 3.63) is 22.8 Å². The fourth-order valence-corrected chi connectivity index (χ4v) is 2.65. The molecule has 0 spiro atoms. The smallest absolute Gasteiger partial charge is 0.213 e. The van der Waals surface area contributed by atoms with Gasteiger partial charge in [0.2, 0.25) is 5.88 Å². The van der Waals surface area contributed by atoms with E-state index in [1.165, 1.54) is 12.8 Å². The highest BCUT2D eigenvalue weighted by Gasteiger charge is 2.28. The molecule has 19 heavy (non-hydrogen) atoms. The Labute approximate surface area is 120 Å². The number of aromatic nitrogens is 1. The first-order valence-electron chi connectivity index (χ1n) is 6.97. The fourth-order valence-electron chi connectivity index (χ4n) is 2.48. The zero-order chi connectivity index (χ0) is 13.9. The first-order chi connectivity index (χ1) is 9.00. The normalized spacial score (nSPS) is 19.4. The van der Waals surface area contributed by atoms with Gasteiger partial charge in [-0.15, -0.1) is 0 Å². The third-order valence-electron chi connectivity index (χ3n) is 3.81. The fraction of sp³-hybridized carbons (Fsp3) is 0.667. The lowest BCUT2D eigenvalue weighted by Gasteiger charge is -2.34. The van der Waals surface area contributed by atoms with Crippen molar-refractivity contribution in [3.63, 3.8) is 0 Å². The number of rotatable bonds is 4. The molecule has 2 rings (SSSR count). The van der Waals surface area contributed by atoms with Crippen molar-refractivity contribution in [2.75, 3.05) is 7.05 Å². The molecule has 1 heterocycles. The van der Waals surface area contributed by atoms with Crippen molar-refractivity contribution >= 4 is 11.6 Å². The van der Waals surface area contributed by atoms with Gasteiger partial charge in [0.05, 0.1) is 10.7 Å². The van der Waals surface area contributed by atoms with Crippen molar-refractivity contribution in [3.8, 4) is 5.88 Å². The maximum atomic E-state index is 6.10. The second kappa shape index (κ2) is 6.10. The van der Waals surface area contributed by atoms with Gasteiger partial charge in [0.15, 0.2) is 0 Å². The van der Waals surface area contributed by atoms with Gasteiger partial charge in [0.25, 0.3) is 0 Å². The Morgan fingerprint density at radius 2 is 2.05 bits per heavy atom. The standard InChI is InChI=1S/C15H23ClN2O/c1-15(2)8-6-11(7-9-15)19-14-5-4-12(16)13(18-14)10-17-3/h4-5,11,17H,6-10H2,1-3H3. The largest absolute Gasteiger partial charge is 0.474 e. The van der Waals surface area contributed by atoms with Crippen LogP contribution in [0, 0.1) is 5.41 Å². The molecule has 0 aliphatic heterocycles. The molecule has 0 radical (unpaired) electrons. The van der Waals surface area contributed by atoms with Gasteiger partial charge >= 0.3 is 0 Å². The first-order valence-corrected chi connectivity index (χ1v) is 7.35. The molecule has 1 aromatic rings. The number of halogens is 1. The van der Waals surface area contributed by atoms with Gasteiger partial charge in [-0.2, -0.15) is 0 Å². The Morgan fingerprint density at radius 1 is 1.37 bits per heavy atom. The summed E-state index contributed by atoms with van der Waals surface area (Å²) in [5.41, 5.74) is 1.31. The summed E-state index contributed by atoms with van der Waals surface area (Å²) in [5, 5.41) is 3.75. The van der Waals surface area contributed by atoms with E-state index in [2.05, 4.69) is 24.1 Å². The van der Waals surface area contributed by atoms with Crippen LogP contribution in [0.25, 0.3) is 0 Å². The van der Waals surface area contributed by atoms with Crippen LogP contribution in [0.1, 0.15) is 45.2 Å². The van der Waals surface area contributed by atoms with Crippen molar-refractivity contribution in [1.29, 1.82) is 0 Å². The van der Waals surface area contributed by atoms with E-state index in [4.69, 9.17) is 16.3 Å². The van der Waals surface area contributed by atoms with Gasteiger partial charge in [-0.1, -0.05) is 25.4 Å². The highest BCUT2D eigenvalue weighted by Crippen LogP contribution is 2.36. The van der Waals surface area contributed by atoms with Crippen LogP contribution in [-0.4, -0.2) is 18.1 Å². The SMILES string of the molecule is CNCc1nc(OC2CCC(C)(C)CC2)ccc1Cl. The second-order valence-corrected chi connectivity index (χ2v) is 6.50. The number of hydrogen-bond donors (Lipinski definition) is 1. The predicted molar refractivity (Wildman–Crippen MR) is 78.7 cm³/mol. The molecular weight excluding hydrogens is 260 g/mol. The molecule has 3 nitrogen and oxygen atoms in total. The molecule has 106 valence electrons. The van der Waals surface area contributed by atoms with Crippen LogP contribution in [0.4, 0.5) is 0 Å². The number of nitrogens with one attached hydrogen (secondary N) is 1. The predicted octanol–water partition coefficient (Wildman–Crippen LogP) is 3.80. The molecule has 0 amide bonds. The van der Waals surface area contributed by atoms with Crippen molar-refractivity contribution in [2.45, 2.75) is 52.2 Å². The van der Waals surface area contributed by atoms with E-state index < -0.39 is 0 Å². The maximum absolute atomic E-state index is 6.10. The van der Waals surface area contributed by atoms with Gasteiger partial charge in [-0.25, -0.2) is 4.98 Å². The van der Waals surface area contributed by atoms with Crippen molar-refractivity contribution in [2.24, 2.45) is 5.41 Å². The van der Waals surface area contributed by atoms with Gasteiger partial charge in [-0.05, 0) is 44.2 Å². The van der Waals surface area contributed by atoms with E-state index in [0.717, 1.165) is 18.5 Å². The van der Waals surface area contributed by atoms with Gasteiger partial charge in [-0.3, -0.25) is 0 Å². The summed E-state index contributed by atoms with van der Waals surface area (Å²) in [6.07, 6.45) is 4.95. The molecule has 1 aliphatic carbocycles. The number of nitrogens with zero attached hydrogens (tertiary/aromatic N) is 1. The molecule has 0 saturated heterocycles. The van der Waals surface area contributed by atoms with E-state index >= 15 is 0 Å². The van der Waals surface area contributed by atoms with Crippen LogP contribution < -0.4 is 10.1 Å². The molecule has 0 aromatic carbocycles. The van der Waals surface area contributed by atoms with Crippen molar-refractivity contribution < 1.29 is 4.74 Å². The van der Waals surface area contributed by atoms with Gasteiger partial charge < -0.3 is 10.1 Å². The molecule has 0 atom stereocenters. The summed E-state index contributed by atoms with van der Waals surface area (Å²) in [6, 6.07) is 3.73. The van der Waals surface area contributed by atoms with Crippen LogP contribution >= 0.6 is 11.6 Å². The van der Waals surface area contributed by atoms with Crippen LogP contribution in [-0.2, 0) is 6.54 Å². The van der Waals surface area contributed by atoms with E-state index in [-0.39, 0.29) is 0 Å². The lowest BCUT2D eigenvalue weighted by molar-refractivity contribution is 0.0947. The minimum atomic E-state index is 0.295. The Kier molecular flexibility index (Phi) is 4.69. The Morgan fingerprint density at radius 3 is 2.68 bits per heavy atom. The summed E-state index contributed by atoms with van der Waals surface area (Å²) < 4.78 is 5.99. The number of ether oxygens (including phenoxy) is 1. The molecule has 1 fully saturated rings. The highest BCUT2D eigenvalue weighted by molar-refractivity contribution is 6.31. The minimum absolute atomic E-state index is 0.295. The minimum Gasteiger partial charge on any atom is -0.474 e. The van der Waals surface area contributed by atoms with Crippen LogP contribution in [0.5, 0.6) is 5.88 Å². The van der Waals surface area contributed by atoms with Gasteiger partial charge in [0, 0.05) is 12.6 Å². The van der Waals surface area contributed by atoms with E-state index in [1.807, 2.05) is 19.2 Å². The maximum Gasteiger partial charge on any atom is 0.213 e. The van der Waals surface area contributed by atoms with Crippen LogP contribution in [0.2, 0.25) is 5.02 Å². The Bertz CT molecular complexity index is 424. The third kappa shape index (κ3) is 4.08. The van der Waals surface area contributed by atoms with Crippen LogP contribution in [0.15, 0.2) is 12.1 Å². The molecule has 1 aliphatic rings. The quantitative estimate of drug-likeness (QED) is 0.912. The molecule has 1 aromatic heterocycles. The third-order valence-corrected chi connectivity index (χ3v) is 4.16. The van der Waals surface area contributed by atoms with Gasteiger partial charge in [0.1, 0.15) is 6.10 Å². The number of pyridine rings is 1. The molecule has 0 unspecified atom stereocenters. The number of hydrogen-bond acceptors (Lipinski definition) is 3. The van der Waals surface area contributed by atoms with Crippen LogP contribution in [0.3, 0.4) is 0 Å². The monoisotopic (exact) mass is 282 g/mol. The van der Waals surface area contributed by atoms with E-state index in [9.17, 15) is 0 Å². The van der Waals surface area contributed by atoms with Crippen molar-refractivity contribution in [1.82, 2.24) is 10.3 Å². The van der Waals surface area contributed by atoms with E-state index in [0.29, 0.717) is 29.0 Å². The highest BCUT2D eigenvalue weighted by atomic mass is 35.5. The first kappa shape index (κ1) is 14.6. The molecule has 0 bridgehead atoms. The summed E-state index contributed by atoms with van der Waals surface area (Å²) in [5.74, 6) is 0.694. The lowest BCUT2D eigenvalue weighted by atomic mass is 9.76. The summed E-state index contributed by atoms with van der Waals surface area (Å²) >= 11 is 6.10. The molecule has 1 saturated carbocycles.